The number of benzene rings is 1. The Kier molecular flexibility index (Phi) is 6.18. The predicted molar refractivity (Wildman–Crippen MR) is 83.0 cm³/mol. The minimum Gasteiger partial charge on any atom is -0.496 e. The molecule has 0 bridgehead atoms. The Labute approximate surface area is 131 Å². The lowest BCUT2D eigenvalue weighted by Gasteiger charge is -2.31. The first-order chi connectivity index (χ1) is 10.6. The molecule has 0 amide bonds. The van der Waals surface area contributed by atoms with Crippen LogP contribution in [0.1, 0.15) is 18.1 Å². The van der Waals surface area contributed by atoms with Crippen LogP contribution in [-0.4, -0.2) is 55.4 Å². The van der Waals surface area contributed by atoms with E-state index in [2.05, 4.69) is 16.3 Å². The summed E-state index contributed by atoms with van der Waals surface area (Å²) in [5, 5.41) is 12.1. The molecular weight excluding hydrogens is 284 g/mol. The molecule has 6 heteroatoms. The second-order valence-corrected chi connectivity index (χ2v) is 5.36. The first kappa shape index (κ1) is 16.7. The summed E-state index contributed by atoms with van der Waals surface area (Å²) >= 11 is 0. The first-order valence-corrected chi connectivity index (χ1v) is 7.56. The van der Waals surface area contributed by atoms with Crippen molar-refractivity contribution >= 4 is 5.97 Å². The average molecular weight is 308 g/mol. The number of rotatable bonds is 7. The molecule has 1 aromatic carbocycles. The van der Waals surface area contributed by atoms with Crippen LogP contribution in [0.15, 0.2) is 18.2 Å². The summed E-state index contributed by atoms with van der Waals surface area (Å²) in [6.45, 7) is 5.92. The molecular formula is C16H24N2O4. The van der Waals surface area contributed by atoms with Gasteiger partial charge in [-0.2, -0.15) is 0 Å². The molecule has 22 heavy (non-hydrogen) atoms. The SMILES string of the molecule is CCOCc1cc(CN2CCN[C@@H](C(=O)O)C2)ccc1OC. The summed E-state index contributed by atoms with van der Waals surface area (Å²) in [6, 6.07) is 5.55. The molecule has 1 heterocycles. The summed E-state index contributed by atoms with van der Waals surface area (Å²) in [6.07, 6.45) is 0. The zero-order valence-corrected chi connectivity index (χ0v) is 13.2. The van der Waals surface area contributed by atoms with Gasteiger partial charge in [-0.3, -0.25) is 9.69 Å². The largest absolute Gasteiger partial charge is 0.496 e. The van der Waals surface area contributed by atoms with Crippen molar-refractivity contribution in [2.75, 3.05) is 33.4 Å². The van der Waals surface area contributed by atoms with Gasteiger partial charge in [0.1, 0.15) is 11.8 Å². The summed E-state index contributed by atoms with van der Waals surface area (Å²) in [5.41, 5.74) is 2.16. The van der Waals surface area contributed by atoms with Gasteiger partial charge >= 0.3 is 5.97 Å². The standard InChI is InChI=1S/C16H24N2O4/c1-3-22-11-13-8-12(4-5-15(13)21-2)9-18-7-6-17-14(10-18)16(19)20/h4-5,8,14,17H,3,6-7,9-11H2,1-2H3,(H,19,20)/t14-/m1/s1. The summed E-state index contributed by atoms with van der Waals surface area (Å²) in [5.74, 6) is 0.0254. The van der Waals surface area contributed by atoms with E-state index in [1.807, 2.05) is 19.1 Å². The molecule has 6 nitrogen and oxygen atoms in total. The van der Waals surface area contributed by atoms with Crippen LogP contribution in [0, 0.1) is 0 Å². The minimum absolute atomic E-state index is 0.491. The van der Waals surface area contributed by atoms with Crippen LogP contribution in [0.3, 0.4) is 0 Å². The third kappa shape index (κ3) is 4.43. The maximum absolute atomic E-state index is 11.1. The van der Waals surface area contributed by atoms with Crippen molar-refractivity contribution < 1.29 is 19.4 Å². The molecule has 0 radical (unpaired) electrons. The van der Waals surface area contributed by atoms with Crippen LogP contribution in [0.2, 0.25) is 0 Å². The van der Waals surface area contributed by atoms with Gasteiger partial charge in [0.2, 0.25) is 0 Å². The highest BCUT2D eigenvalue weighted by atomic mass is 16.5. The Morgan fingerprint density at radius 1 is 1.50 bits per heavy atom. The molecule has 1 fully saturated rings. The van der Waals surface area contributed by atoms with Crippen LogP contribution in [-0.2, 0) is 22.7 Å². The number of hydrogen-bond acceptors (Lipinski definition) is 5. The van der Waals surface area contributed by atoms with Gasteiger partial charge in [0.05, 0.1) is 13.7 Å². The highest BCUT2D eigenvalue weighted by Crippen LogP contribution is 2.22. The Morgan fingerprint density at radius 2 is 2.32 bits per heavy atom. The molecule has 0 aliphatic carbocycles. The molecule has 122 valence electrons. The molecule has 0 saturated carbocycles. The molecule has 0 aromatic heterocycles. The predicted octanol–water partition coefficient (Wildman–Crippen LogP) is 1.09. The van der Waals surface area contributed by atoms with Gasteiger partial charge in [0, 0.05) is 38.3 Å². The fourth-order valence-corrected chi connectivity index (χ4v) is 2.63. The van der Waals surface area contributed by atoms with Crippen molar-refractivity contribution in [2.24, 2.45) is 0 Å². The lowest BCUT2D eigenvalue weighted by atomic mass is 10.1. The highest BCUT2D eigenvalue weighted by Gasteiger charge is 2.24. The van der Waals surface area contributed by atoms with E-state index >= 15 is 0 Å². The molecule has 1 aliphatic rings. The second kappa shape index (κ2) is 8.12. The van der Waals surface area contributed by atoms with E-state index < -0.39 is 12.0 Å². The third-order valence-electron chi connectivity index (χ3n) is 3.77. The molecule has 1 saturated heterocycles. The normalized spacial score (nSPS) is 19.1. The quantitative estimate of drug-likeness (QED) is 0.786. The van der Waals surface area contributed by atoms with Crippen LogP contribution >= 0.6 is 0 Å². The molecule has 0 spiro atoms. The van der Waals surface area contributed by atoms with Gasteiger partial charge in [-0.05, 0) is 24.6 Å². The summed E-state index contributed by atoms with van der Waals surface area (Å²) in [7, 11) is 1.65. The summed E-state index contributed by atoms with van der Waals surface area (Å²) in [4.78, 5) is 13.2. The number of aliphatic carboxylic acids is 1. The lowest BCUT2D eigenvalue weighted by molar-refractivity contribution is -0.140. The van der Waals surface area contributed by atoms with Gasteiger partial charge in [-0.25, -0.2) is 0 Å². The molecule has 1 aliphatic heterocycles. The van der Waals surface area contributed by atoms with Crippen molar-refractivity contribution in [3.05, 3.63) is 29.3 Å². The van der Waals surface area contributed by atoms with Gasteiger partial charge in [0.25, 0.3) is 0 Å². The number of piperazine rings is 1. The Bertz CT molecular complexity index is 507. The summed E-state index contributed by atoms with van der Waals surface area (Å²) < 4.78 is 10.8. The molecule has 1 aromatic rings. The van der Waals surface area contributed by atoms with E-state index in [-0.39, 0.29) is 0 Å². The first-order valence-electron chi connectivity index (χ1n) is 7.56. The van der Waals surface area contributed by atoms with Crippen molar-refractivity contribution in [3.63, 3.8) is 0 Å². The average Bonchev–Trinajstić information content (AvgIpc) is 2.53. The number of carboxylic acid groups (broad SMARTS) is 1. The topological polar surface area (TPSA) is 71.0 Å². The Balaban J connectivity index is 2.04. The second-order valence-electron chi connectivity index (χ2n) is 5.36. The highest BCUT2D eigenvalue weighted by molar-refractivity contribution is 5.73. The van der Waals surface area contributed by atoms with Crippen molar-refractivity contribution in [1.29, 1.82) is 0 Å². The molecule has 2 N–H and O–H groups in total. The van der Waals surface area contributed by atoms with Crippen LogP contribution in [0.5, 0.6) is 5.75 Å². The number of carboxylic acids is 1. The van der Waals surface area contributed by atoms with Crippen molar-refractivity contribution in [1.82, 2.24) is 10.2 Å². The van der Waals surface area contributed by atoms with E-state index in [1.54, 1.807) is 7.11 Å². The number of nitrogens with one attached hydrogen (secondary N) is 1. The van der Waals surface area contributed by atoms with Gasteiger partial charge < -0.3 is 19.9 Å². The fraction of sp³-hybridized carbons (Fsp3) is 0.562. The van der Waals surface area contributed by atoms with E-state index in [0.29, 0.717) is 26.3 Å². The maximum Gasteiger partial charge on any atom is 0.322 e. The van der Waals surface area contributed by atoms with Crippen molar-refractivity contribution in [3.8, 4) is 5.75 Å². The van der Waals surface area contributed by atoms with E-state index in [4.69, 9.17) is 14.6 Å². The monoisotopic (exact) mass is 308 g/mol. The zero-order chi connectivity index (χ0) is 15.9. The number of carbonyl (C=O) groups is 1. The molecule has 1 atom stereocenters. The minimum atomic E-state index is -0.795. The van der Waals surface area contributed by atoms with Crippen molar-refractivity contribution in [2.45, 2.75) is 26.1 Å². The maximum atomic E-state index is 11.1. The fourth-order valence-electron chi connectivity index (χ4n) is 2.63. The molecule has 2 rings (SSSR count). The number of hydrogen-bond donors (Lipinski definition) is 2. The number of methoxy groups -OCH3 is 1. The van der Waals surface area contributed by atoms with E-state index in [0.717, 1.165) is 30.0 Å². The number of nitrogens with zero attached hydrogens (tertiary/aromatic N) is 1. The van der Waals surface area contributed by atoms with Gasteiger partial charge in [-0.15, -0.1) is 0 Å². The van der Waals surface area contributed by atoms with E-state index in [9.17, 15) is 4.79 Å². The van der Waals surface area contributed by atoms with E-state index in [1.165, 1.54) is 0 Å². The van der Waals surface area contributed by atoms with Crippen LogP contribution < -0.4 is 10.1 Å². The zero-order valence-electron chi connectivity index (χ0n) is 13.2. The Morgan fingerprint density at radius 3 is 3.00 bits per heavy atom. The number of ether oxygens (including phenoxy) is 2. The van der Waals surface area contributed by atoms with Gasteiger partial charge in [0.15, 0.2) is 0 Å². The smallest absolute Gasteiger partial charge is 0.322 e. The molecule has 0 unspecified atom stereocenters. The lowest BCUT2D eigenvalue weighted by Crippen LogP contribution is -2.53. The Hall–Kier alpha value is -1.63. The third-order valence-corrected chi connectivity index (χ3v) is 3.77. The van der Waals surface area contributed by atoms with Gasteiger partial charge in [-0.1, -0.05) is 6.07 Å². The van der Waals surface area contributed by atoms with Crippen LogP contribution in [0.25, 0.3) is 0 Å². The van der Waals surface area contributed by atoms with Crippen LogP contribution in [0.4, 0.5) is 0 Å².